The number of carbonyl (C=O) groups is 1. The molecule has 5 aromatic rings. The summed E-state index contributed by atoms with van der Waals surface area (Å²) < 4.78 is 43.9. The predicted octanol–water partition coefficient (Wildman–Crippen LogP) is 4.33. The first-order valence-electron chi connectivity index (χ1n) is 12.0. The highest BCUT2D eigenvalue weighted by Gasteiger charge is 2.17. The van der Waals surface area contributed by atoms with Crippen molar-refractivity contribution in [1.82, 2.24) is 14.6 Å². The van der Waals surface area contributed by atoms with Crippen molar-refractivity contribution in [3.05, 3.63) is 96.4 Å². The first kappa shape index (κ1) is 26.8. The van der Waals surface area contributed by atoms with Crippen LogP contribution in [0.15, 0.2) is 90.0 Å². The molecule has 0 fully saturated rings. The minimum absolute atomic E-state index is 0.0921. The minimum atomic E-state index is -3.44. The van der Waals surface area contributed by atoms with Gasteiger partial charge in [-0.3, -0.25) is 4.79 Å². The number of halogens is 1. The number of methoxy groups -OCH3 is 1. The Labute approximate surface area is 229 Å². The van der Waals surface area contributed by atoms with Crippen LogP contribution in [-0.2, 0) is 14.6 Å². The van der Waals surface area contributed by atoms with Gasteiger partial charge in [0.05, 0.1) is 7.11 Å². The molecule has 2 aromatic heterocycles. The zero-order chi connectivity index (χ0) is 28.4. The highest BCUT2D eigenvalue weighted by Crippen LogP contribution is 2.29. The van der Waals surface area contributed by atoms with Gasteiger partial charge in [-0.05, 0) is 59.7 Å². The van der Waals surface area contributed by atoms with Gasteiger partial charge in [0, 0.05) is 35.5 Å². The molecule has 0 aliphatic carbocycles. The lowest BCUT2D eigenvalue weighted by atomic mass is 10.1. The molecule has 0 saturated carbocycles. The summed E-state index contributed by atoms with van der Waals surface area (Å²) in [6, 6.07) is 20.1. The Balaban J connectivity index is 1.30. The number of amides is 1. The molecular formula is C28H25FN6O4S. The molecular weight excluding hydrogens is 535 g/mol. The summed E-state index contributed by atoms with van der Waals surface area (Å²) in [5.74, 6) is -0.269. The van der Waals surface area contributed by atoms with E-state index in [0.717, 1.165) is 17.4 Å². The fourth-order valence-corrected chi connectivity index (χ4v) is 4.90. The monoisotopic (exact) mass is 560 g/mol. The molecule has 0 spiro atoms. The third-order valence-electron chi connectivity index (χ3n) is 6.15. The Morgan fingerprint density at radius 1 is 0.975 bits per heavy atom. The first-order chi connectivity index (χ1) is 19.1. The Bertz CT molecular complexity index is 1810. The molecule has 1 atom stereocenters. The van der Waals surface area contributed by atoms with Crippen LogP contribution in [0.4, 0.5) is 21.7 Å². The minimum Gasteiger partial charge on any atom is -0.495 e. The van der Waals surface area contributed by atoms with Crippen molar-refractivity contribution in [2.75, 3.05) is 24.0 Å². The van der Waals surface area contributed by atoms with Gasteiger partial charge in [-0.25, -0.2) is 17.3 Å². The molecule has 204 valence electrons. The van der Waals surface area contributed by atoms with Crippen LogP contribution in [0.25, 0.3) is 16.8 Å². The normalized spacial score (nSPS) is 12.2. The van der Waals surface area contributed by atoms with Crippen molar-refractivity contribution >= 4 is 38.7 Å². The Morgan fingerprint density at radius 2 is 1.65 bits per heavy atom. The van der Waals surface area contributed by atoms with E-state index in [2.05, 4.69) is 20.7 Å². The fraction of sp³-hybridized carbons (Fsp3) is 0.107. The number of fused-ring (bicyclic) bond motifs is 1. The average Bonchev–Trinajstić information content (AvgIpc) is 3.34. The molecule has 5 rings (SSSR count). The number of aromatic nitrogens is 3. The molecule has 0 saturated heterocycles. The molecule has 2 heterocycles. The number of pyridine rings is 1. The Kier molecular flexibility index (Phi) is 7.20. The summed E-state index contributed by atoms with van der Waals surface area (Å²) in [5, 5.41) is 10.3. The standard InChI is InChI=1S/C28H25FN6O4S/c1-39-23-15-22(12-13-24(23)40(2,37)38)32-28-33-25-14-7-19(16-35(25)34-28)17-5-10-21(11-6-17)31-27(36)26(30)18-3-8-20(29)9-4-18/h3-16,26H,30H2,1-2H3,(H,31,36)(H,32,34)/t26-/m1/s1. The van der Waals surface area contributed by atoms with Crippen molar-refractivity contribution in [1.29, 1.82) is 0 Å². The summed E-state index contributed by atoms with van der Waals surface area (Å²) in [6.45, 7) is 0. The maximum atomic E-state index is 13.1. The SMILES string of the molecule is COc1cc(Nc2nc3ccc(-c4ccc(NC(=O)[C@H](N)c5ccc(F)cc5)cc4)cn3n2)ccc1S(C)(=O)=O. The van der Waals surface area contributed by atoms with E-state index >= 15 is 0 Å². The van der Waals surface area contributed by atoms with E-state index in [1.165, 1.54) is 37.4 Å². The summed E-state index contributed by atoms with van der Waals surface area (Å²) in [4.78, 5) is 17.1. The Morgan fingerprint density at radius 3 is 2.33 bits per heavy atom. The second kappa shape index (κ2) is 10.8. The summed E-state index contributed by atoms with van der Waals surface area (Å²) in [7, 11) is -2.03. The number of nitrogens with two attached hydrogens (primary N) is 1. The third kappa shape index (κ3) is 5.77. The van der Waals surface area contributed by atoms with Gasteiger partial charge in [0.1, 0.15) is 22.5 Å². The van der Waals surface area contributed by atoms with Crippen LogP contribution < -0.4 is 21.1 Å². The Hall–Kier alpha value is -4.81. The van der Waals surface area contributed by atoms with E-state index in [0.29, 0.717) is 28.5 Å². The van der Waals surface area contributed by atoms with E-state index in [4.69, 9.17) is 10.5 Å². The highest BCUT2D eigenvalue weighted by molar-refractivity contribution is 7.90. The molecule has 10 nitrogen and oxygen atoms in total. The van der Waals surface area contributed by atoms with Crippen molar-refractivity contribution in [3.8, 4) is 16.9 Å². The predicted molar refractivity (Wildman–Crippen MR) is 150 cm³/mol. The number of hydrogen-bond acceptors (Lipinski definition) is 8. The number of benzene rings is 3. The van der Waals surface area contributed by atoms with E-state index in [9.17, 15) is 17.6 Å². The molecule has 40 heavy (non-hydrogen) atoms. The van der Waals surface area contributed by atoms with E-state index in [1.54, 1.807) is 28.8 Å². The number of sulfone groups is 1. The number of rotatable bonds is 8. The summed E-state index contributed by atoms with van der Waals surface area (Å²) in [6.07, 6.45) is 2.94. The lowest BCUT2D eigenvalue weighted by Gasteiger charge is -2.13. The molecule has 0 bridgehead atoms. The van der Waals surface area contributed by atoms with Crippen molar-refractivity contribution in [3.63, 3.8) is 0 Å². The first-order valence-corrected chi connectivity index (χ1v) is 13.9. The summed E-state index contributed by atoms with van der Waals surface area (Å²) >= 11 is 0. The maximum Gasteiger partial charge on any atom is 0.247 e. The molecule has 1 amide bonds. The third-order valence-corrected chi connectivity index (χ3v) is 7.28. The molecule has 0 aliphatic heterocycles. The van der Waals surface area contributed by atoms with E-state index < -0.39 is 27.6 Å². The molecule has 0 radical (unpaired) electrons. The van der Waals surface area contributed by atoms with Crippen LogP contribution in [-0.4, -0.2) is 42.3 Å². The number of hydrogen-bond donors (Lipinski definition) is 3. The van der Waals surface area contributed by atoms with Crippen molar-refractivity contribution in [2.45, 2.75) is 10.9 Å². The second-order valence-electron chi connectivity index (χ2n) is 9.01. The number of nitrogens with one attached hydrogen (secondary N) is 2. The molecule has 0 aliphatic rings. The molecule has 12 heteroatoms. The largest absolute Gasteiger partial charge is 0.495 e. The lowest BCUT2D eigenvalue weighted by molar-refractivity contribution is -0.117. The van der Waals surface area contributed by atoms with Gasteiger partial charge in [0.15, 0.2) is 15.5 Å². The van der Waals surface area contributed by atoms with Crippen molar-refractivity contribution in [2.24, 2.45) is 5.73 Å². The number of anilines is 3. The van der Waals surface area contributed by atoms with Gasteiger partial charge in [-0.2, -0.15) is 4.98 Å². The summed E-state index contributed by atoms with van der Waals surface area (Å²) in [5.41, 5.74) is 10.0. The van der Waals surface area contributed by atoms with Gasteiger partial charge in [0.2, 0.25) is 11.9 Å². The quantitative estimate of drug-likeness (QED) is 0.255. The van der Waals surface area contributed by atoms with Gasteiger partial charge in [-0.15, -0.1) is 5.10 Å². The van der Waals surface area contributed by atoms with Gasteiger partial charge in [0.25, 0.3) is 0 Å². The van der Waals surface area contributed by atoms with Crippen LogP contribution in [0.1, 0.15) is 11.6 Å². The van der Waals surface area contributed by atoms with E-state index in [1.807, 2.05) is 30.5 Å². The highest BCUT2D eigenvalue weighted by atomic mass is 32.2. The smallest absolute Gasteiger partial charge is 0.247 e. The zero-order valence-electron chi connectivity index (χ0n) is 21.5. The number of nitrogens with zero attached hydrogens (tertiary/aromatic N) is 3. The van der Waals surface area contributed by atoms with E-state index in [-0.39, 0.29) is 10.6 Å². The number of ether oxygens (including phenoxy) is 1. The van der Waals surface area contributed by atoms with Gasteiger partial charge >= 0.3 is 0 Å². The number of carbonyl (C=O) groups excluding carboxylic acids is 1. The molecule has 3 aromatic carbocycles. The van der Waals surface area contributed by atoms with Crippen LogP contribution in [0, 0.1) is 5.82 Å². The zero-order valence-corrected chi connectivity index (χ0v) is 22.3. The topological polar surface area (TPSA) is 141 Å². The van der Waals surface area contributed by atoms with Gasteiger partial charge < -0.3 is 21.1 Å². The molecule has 4 N–H and O–H groups in total. The van der Waals surface area contributed by atoms with Crippen LogP contribution >= 0.6 is 0 Å². The van der Waals surface area contributed by atoms with Crippen LogP contribution in [0.2, 0.25) is 0 Å². The maximum absolute atomic E-state index is 13.1. The van der Waals surface area contributed by atoms with Crippen LogP contribution in [0.5, 0.6) is 5.75 Å². The van der Waals surface area contributed by atoms with Gasteiger partial charge in [-0.1, -0.05) is 24.3 Å². The second-order valence-corrected chi connectivity index (χ2v) is 11.0. The van der Waals surface area contributed by atoms with Crippen molar-refractivity contribution < 1.29 is 22.3 Å². The molecule has 0 unspecified atom stereocenters. The lowest BCUT2D eigenvalue weighted by Crippen LogP contribution is -2.27. The average molecular weight is 561 g/mol. The van der Waals surface area contributed by atoms with Crippen LogP contribution in [0.3, 0.4) is 0 Å². The fourth-order valence-electron chi connectivity index (χ4n) is 4.08.